The lowest BCUT2D eigenvalue weighted by atomic mass is 10.0. The summed E-state index contributed by atoms with van der Waals surface area (Å²) in [7, 11) is -3.41. The Hall–Kier alpha value is -1.47. The molecule has 0 aromatic carbocycles. The van der Waals surface area contributed by atoms with Crippen molar-refractivity contribution in [2.45, 2.75) is 33.4 Å². The highest BCUT2D eigenvalue weighted by Gasteiger charge is 2.26. The Kier molecular flexibility index (Phi) is 6.09. The van der Waals surface area contributed by atoms with Gasteiger partial charge in [-0.05, 0) is 24.5 Å². The molecule has 1 rings (SSSR count). The summed E-state index contributed by atoms with van der Waals surface area (Å²) in [6, 6.07) is 2.85. The Bertz CT molecular complexity index is 529. The van der Waals surface area contributed by atoms with Crippen molar-refractivity contribution >= 4 is 15.9 Å². The van der Waals surface area contributed by atoms with Gasteiger partial charge in [0.1, 0.15) is 6.04 Å². The van der Waals surface area contributed by atoms with Gasteiger partial charge in [-0.3, -0.25) is 9.78 Å². The molecule has 1 heterocycles. The van der Waals surface area contributed by atoms with Crippen LogP contribution in [0.15, 0.2) is 24.5 Å². The number of nitrogens with zero attached hydrogens (tertiary/aromatic N) is 1. The zero-order valence-corrected chi connectivity index (χ0v) is 12.8. The molecule has 0 fully saturated rings. The van der Waals surface area contributed by atoms with Crippen LogP contribution in [0, 0.1) is 5.92 Å². The normalized spacial score (nSPS) is 13.2. The molecule has 1 atom stereocenters. The maximum Gasteiger partial charge on any atom is 0.238 e. The van der Waals surface area contributed by atoms with E-state index < -0.39 is 16.1 Å². The van der Waals surface area contributed by atoms with Crippen LogP contribution in [0.25, 0.3) is 0 Å². The first-order chi connectivity index (χ1) is 9.35. The molecule has 112 valence electrons. The number of aromatic nitrogens is 1. The smallest absolute Gasteiger partial charge is 0.238 e. The van der Waals surface area contributed by atoms with Crippen LogP contribution >= 0.6 is 0 Å². The van der Waals surface area contributed by atoms with Gasteiger partial charge in [-0.15, -0.1) is 0 Å². The molecule has 0 aliphatic rings. The first kappa shape index (κ1) is 16.6. The second-order valence-electron chi connectivity index (χ2n) is 4.82. The van der Waals surface area contributed by atoms with E-state index in [0.717, 1.165) is 5.56 Å². The molecule has 20 heavy (non-hydrogen) atoms. The summed E-state index contributed by atoms with van der Waals surface area (Å²) in [5.74, 6) is -0.516. The molecular weight excluding hydrogens is 278 g/mol. The fourth-order valence-corrected chi connectivity index (χ4v) is 2.50. The van der Waals surface area contributed by atoms with Gasteiger partial charge in [0.05, 0.1) is 5.75 Å². The van der Waals surface area contributed by atoms with Crippen molar-refractivity contribution in [2.75, 3.05) is 5.75 Å². The number of amides is 1. The predicted molar refractivity (Wildman–Crippen MR) is 77.3 cm³/mol. The Labute approximate surface area is 120 Å². The van der Waals surface area contributed by atoms with E-state index in [1.165, 1.54) is 6.92 Å². The molecule has 1 aromatic rings. The summed E-state index contributed by atoms with van der Waals surface area (Å²) in [5.41, 5.74) is 0.863. The maximum atomic E-state index is 12.1. The molecule has 1 amide bonds. The number of rotatable bonds is 7. The van der Waals surface area contributed by atoms with Gasteiger partial charge in [0.2, 0.25) is 15.9 Å². The lowest BCUT2D eigenvalue weighted by Gasteiger charge is -2.21. The molecular formula is C13H21N3O3S. The van der Waals surface area contributed by atoms with Gasteiger partial charge in [-0.2, -0.15) is 0 Å². The molecule has 6 nitrogen and oxygen atoms in total. The minimum absolute atomic E-state index is 0.0495. The monoisotopic (exact) mass is 299 g/mol. The molecule has 0 unspecified atom stereocenters. The fourth-order valence-electron chi connectivity index (χ4n) is 1.57. The third-order valence-electron chi connectivity index (χ3n) is 2.83. The summed E-state index contributed by atoms with van der Waals surface area (Å²) < 4.78 is 25.6. The molecule has 0 aliphatic heterocycles. The van der Waals surface area contributed by atoms with Gasteiger partial charge >= 0.3 is 0 Å². The Morgan fingerprint density at radius 1 is 1.40 bits per heavy atom. The zero-order valence-electron chi connectivity index (χ0n) is 12.0. The van der Waals surface area contributed by atoms with E-state index in [1.54, 1.807) is 32.3 Å². The number of pyridine rings is 1. The number of hydrogen-bond acceptors (Lipinski definition) is 4. The highest BCUT2D eigenvalue weighted by molar-refractivity contribution is 7.89. The second kappa shape index (κ2) is 7.35. The van der Waals surface area contributed by atoms with Gasteiger partial charge < -0.3 is 5.32 Å². The average molecular weight is 299 g/mol. The average Bonchev–Trinajstić information content (AvgIpc) is 2.43. The van der Waals surface area contributed by atoms with Crippen molar-refractivity contribution in [2.24, 2.45) is 5.92 Å². The molecule has 0 aliphatic carbocycles. The van der Waals surface area contributed by atoms with Crippen molar-refractivity contribution in [3.63, 3.8) is 0 Å². The molecule has 1 aromatic heterocycles. The van der Waals surface area contributed by atoms with Crippen molar-refractivity contribution in [3.05, 3.63) is 30.1 Å². The molecule has 0 saturated heterocycles. The lowest BCUT2D eigenvalue weighted by Crippen LogP contribution is -2.49. The van der Waals surface area contributed by atoms with Gasteiger partial charge in [0, 0.05) is 18.9 Å². The van der Waals surface area contributed by atoms with Crippen LogP contribution in [0.4, 0.5) is 0 Å². The minimum atomic E-state index is -3.41. The van der Waals surface area contributed by atoms with E-state index in [1.807, 2.05) is 6.07 Å². The van der Waals surface area contributed by atoms with Gasteiger partial charge in [-0.25, -0.2) is 13.1 Å². The first-order valence-corrected chi connectivity index (χ1v) is 8.17. The highest BCUT2D eigenvalue weighted by Crippen LogP contribution is 2.05. The van der Waals surface area contributed by atoms with Gasteiger partial charge in [0.15, 0.2) is 0 Å². The molecule has 0 bridgehead atoms. The third-order valence-corrected chi connectivity index (χ3v) is 4.20. The van der Waals surface area contributed by atoms with Crippen LogP contribution in [-0.2, 0) is 21.4 Å². The topological polar surface area (TPSA) is 88.2 Å². The second-order valence-corrected chi connectivity index (χ2v) is 6.86. The van der Waals surface area contributed by atoms with Crippen LogP contribution in [0.5, 0.6) is 0 Å². The number of sulfonamides is 1. The molecule has 7 heteroatoms. The van der Waals surface area contributed by atoms with Gasteiger partial charge in [-0.1, -0.05) is 19.9 Å². The highest BCUT2D eigenvalue weighted by atomic mass is 32.2. The summed E-state index contributed by atoms with van der Waals surface area (Å²) in [6.45, 7) is 5.45. The maximum absolute atomic E-state index is 12.1. The van der Waals surface area contributed by atoms with E-state index in [-0.39, 0.29) is 17.6 Å². The van der Waals surface area contributed by atoms with Crippen LogP contribution < -0.4 is 10.0 Å². The third kappa shape index (κ3) is 5.26. The standard InChI is InChI=1S/C13H21N3O3S/c1-4-20(18,19)16-12(10(2)3)13(17)15-9-11-6-5-7-14-8-11/h5-8,10,12,16H,4,9H2,1-3H3,(H,15,17)/t12-/m0/s1. The van der Waals surface area contributed by atoms with Crippen molar-refractivity contribution in [3.8, 4) is 0 Å². The van der Waals surface area contributed by atoms with Crippen molar-refractivity contribution in [1.29, 1.82) is 0 Å². The molecule has 0 saturated carbocycles. The summed E-state index contributed by atoms with van der Waals surface area (Å²) in [5, 5.41) is 2.72. The molecule has 0 spiro atoms. The zero-order chi connectivity index (χ0) is 15.2. The van der Waals surface area contributed by atoms with Gasteiger partial charge in [0.25, 0.3) is 0 Å². The summed E-state index contributed by atoms with van der Waals surface area (Å²) >= 11 is 0. The Morgan fingerprint density at radius 3 is 2.60 bits per heavy atom. The van der Waals surface area contributed by atoms with Crippen LogP contribution in [0.3, 0.4) is 0 Å². The Morgan fingerprint density at radius 2 is 2.10 bits per heavy atom. The lowest BCUT2D eigenvalue weighted by molar-refractivity contribution is -0.123. The van der Waals surface area contributed by atoms with Crippen molar-refractivity contribution in [1.82, 2.24) is 15.0 Å². The fraction of sp³-hybridized carbons (Fsp3) is 0.538. The van der Waals surface area contributed by atoms with E-state index in [4.69, 9.17) is 0 Å². The predicted octanol–water partition coefficient (Wildman–Crippen LogP) is 0.662. The summed E-state index contributed by atoms with van der Waals surface area (Å²) in [6.07, 6.45) is 3.30. The minimum Gasteiger partial charge on any atom is -0.351 e. The largest absolute Gasteiger partial charge is 0.351 e. The van der Waals surface area contributed by atoms with E-state index in [9.17, 15) is 13.2 Å². The van der Waals surface area contributed by atoms with E-state index >= 15 is 0 Å². The number of hydrogen-bond donors (Lipinski definition) is 2. The Balaban J connectivity index is 2.66. The SMILES string of the molecule is CCS(=O)(=O)N[C@H](C(=O)NCc1cccnc1)C(C)C. The van der Waals surface area contributed by atoms with Crippen LogP contribution in [-0.4, -0.2) is 31.1 Å². The number of nitrogens with one attached hydrogen (secondary N) is 2. The van der Waals surface area contributed by atoms with Crippen LogP contribution in [0.1, 0.15) is 26.3 Å². The van der Waals surface area contributed by atoms with Crippen LogP contribution in [0.2, 0.25) is 0 Å². The number of carbonyl (C=O) groups excluding carboxylic acids is 1. The van der Waals surface area contributed by atoms with Crippen molar-refractivity contribution < 1.29 is 13.2 Å². The molecule has 0 radical (unpaired) electrons. The van der Waals surface area contributed by atoms with E-state index in [2.05, 4.69) is 15.0 Å². The summed E-state index contributed by atoms with van der Waals surface area (Å²) in [4.78, 5) is 16.0. The number of carbonyl (C=O) groups is 1. The first-order valence-electron chi connectivity index (χ1n) is 6.52. The van der Waals surface area contributed by atoms with E-state index in [0.29, 0.717) is 6.54 Å². The quantitative estimate of drug-likeness (QED) is 0.774. The molecule has 2 N–H and O–H groups in total.